The van der Waals surface area contributed by atoms with Crippen molar-refractivity contribution in [2.45, 2.75) is 31.8 Å². The number of likely N-dealkylation sites (tertiary alicyclic amines) is 1. The molecular formula is C14H20FN3O2. The van der Waals surface area contributed by atoms with Crippen molar-refractivity contribution in [2.24, 2.45) is 10.9 Å². The molecule has 6 heteroatoms. The van der Waals surface area contributed by atoms with Gasteiger partial charge in [0.15, 0.2) is 5.84 Å². The molecule has 1 aliphatic rings. The Bertz CT molecular complexity index is 493. The van der Waals surface area contributed by atoms with Gasteiger partial charge in [0.05, 0.1) is 6.61 Å². The van der Waals surface area contributed by atoms with E-state index in [1.165, 1.54) is 6.07 Å². The smallest absolute Gasteiger partial charge is 0.170 e. The number of nitrogens with two attached hydrogens (primary N) is 1. The lowest BCUT2D eigenvalue weighted by molar-refractivity contribution is 0.0832. The SMILES string of the molecule is NC(=NO)c1ccc(CN2CCCCC2CO)c(F)c1. The van der Waals surface area contributed by atoms with Crippen LogP contribution in [0.15, 0.2) is 23.4 Å². The number of rotatable bonds is 4. The molecule has 0 bridgehead atoms. The molecule has 1 aromatic rings. The fourth-order valence-corrected chi connectivity index (χ4v) is 2.59. The Morgan fingerprint density at radius 2 is 2.25 bits per heavy atom. The van der Waals surface area contributed by atoms with Gasteiger partial charge >= 0.3 is 0 Å². The van der Waals surface area contributed by atoms with E-state index in [-0.39, 0.29) is 24.3 Å². The largest absolute Gasteiger partial charge is 0.409 e. The Morgan fingerprint density at radius 1 is 1.45 bits per heavy atom. The minimum Gasteiger partial charge on any atom is -0.409 e. The number of oxime groups is 1. The van der Waals surface area contributed by atoms with Crippen molar-refractivity contribution in [3.05, 3.63) is 35.1 Å². The summed E-state index contributed by atoms with van der Waals surface area (Å²) < 4.78 is 14.1. The molecule has 0 spiro atoms. The average molecular weight is 281 g/mol. The van der Waals surface area contributed by atoms with Crippen molar-refractivity contribution in [3.8, 4) is 0 Å². The second kappa shape index (κ2) is 6.67. The molecule has 1 atom stereocenters. The van der Waals surface area contributed by atoms with Gasteiger partial charge in [-0.25, -0.2) is 4.39 Å². The highest BCUT2D eigenvalue weighted by atomic mass is 19.1. The third-order valence-electron chi connectivity index (χ3n) is 3.79. The summed E-state index contributed by atoms with van der Waals surface area (Å²) in [7, 11) is 0. The quantitative estimate of drug-likeness (QED) is 0.336. The number of benzene rings is 1. The zero-order chi connectivity index (χ0) is 14.5. The summed E-state index contributed by atoms with van der Waals surface area (Å²) in [6.45, 7) is 1.43. The van der Waals surface area contributed by atoms with Gasteiger partial charge in [-0.15, -0.1) is 0 Å². The molecule has 4 N–H and O–H groups in total. The molecular weight excluding hydrogens is 261 g/mol. The van der Waals surface area contributed by atoms with Crippen molar-refractivity contribution >= 4 is 5.84 Å². The monoisotopic (exact) mass is 281 g/mol. The van der Waals surface area contributed by atoms with Gasteiger partial charge < -0.3 is 16.0 Å². The number of halogens is 1. The van der Waals surface area contributed by atoms with Crippen LogP contribution in [0.25, 0.3) is 0 Å². The van der Waals surface area contributed by atoms with Crippen molar-refractivity contribution in [2.75, 3.05) is 13.2 Å². The van der Waals surface area contributed by atoms with E-state index in [4.69, 9.17) is 10.9 Å². The Hall–Kier alpha value is -1.66. The van der Waals surface area contributed by atoms with Gasteiger partial charge in [-0.2, -0.15) is 0 Å². The molecule has 0 aliphatic carbocycles. The number of aliphatic hydroxyl groups excluding tert-OH is 1. The van der Waals surface area contributed by atoms with Gasteiger partial charge in [-0.1, -0.05) is 23.7 Å². The van der Waals surface area contributed by atoms with Gasteiger partial charge in [0.25, 0.3) is 0 Å². The molecule has 20 heavy (non-hydrogen) atoms. The minimum atomic E-state index is -0.378. The number of piperidine rings is 1. The lowest BCUT2D eigenvalue weighted by Gasteiger charge is -2.34. The summed E-state index contributed by atoms with van der Waals surface area (Å²) in [6, 6.07) is 4.64. The van der Waals surface area contributed by atoms with E-state index in [0.29, 0.717) is 17.7 Å². The molecule has 110 valence electrons. The Kier molecular flexibility index (Phi) is 4.92. The molecule has 0 saturated carbocycles. The fourth-order valence-electron chi connectivity index (χ4n) is 2.59. The summed E-state index contributed by atoms with van der Waals surface area (Å²) in [4.78, 5) is 2.10. The maximum absolute atomic E-state index is 14.1. The predicted octanol–water partition coefficient (Wildman–Crippen LogP) is 1.27. The molecule has 5 nitrogen and oxygen atoms in total. The topological polar surface area (TPSA) is 82.1 Å². The highest BCUT2D eigenvalue weighted by molar-refractivity contribution is 5.97. The third kappa shape index (κ3) is 3.26. The van der Waals surface area contributed by atoms with Crippen LogP contribution in [0.1, 0.15) is 30.4 Å². The van der Waals surface area contributed by atoms with E-state index >= 15 is 0 Å². The van der Waals surface area contributed by atoms with Gasteiger partial charge in [-0.3, -0.25) is 4.90 Å². The van der Waals surface area contributed by atoms with Crippen LogP contribution < -0.4 is 5.73 Å². The van der Waals surface area contributed by atoms with Crippen molar-refractivity contribution in [1.82, 2.24) is 4.90 Å². The van der Waals surface area contributed by atoms with E-state index < -0.39 is 0 Å². The van der Waals surface area contributed by atoms with Gasteiger partial charge in [0, 0.05) is 23.7 Å². The fraction of sp³-hybridized carbons (Fsp3) is 0.500. The Labute approximate surface area is 117 Å². The van der Waals surface area contributed by atoms with Crippen LogP contribution in [0.4, 0.5) is 4.39 Å². The van der Waals surface area contributed by atoms with E-state index in [1.807, 2.05) is 0 Å². The van der Waals surface area contributed by atoms with Gasteiger partial charge in [0.1, 0.15) is 5.82 Å². The lowest BCUT2D eigenvalue weighted by atomic mass is 10.0. The number of amidine groups is 1. The maximum Gasteiger partial charge on any atom is 0.170 e. The molecule has 0 aromatic heterocycles. The first-order valence-corrected chi connectivity index (χ1v) is 6.77. The highest BCUT2D eigenvalue weighted by Gasteiger charge is 2.22. The standard InChI is InChI=1S/C14H20FN3O2/c15-13-7-10(14(16)17-20)4-5-11(13)8-18-6-2-1-3-12(18)9-19/h4-5,7,12,19-20H,1-3,6,8-9H2,(H2,16,17). The molecule has 1 aromatic carbocycles. The summed E-state index contributed by atoms with van der Waals surface area (Å²) in [5.41, 5.74) is 6.34. The zero-order valence-electron chi connectivity index (χ0n) is 11.3. The second-order valence-corrected chi connectivity index (χ2v) is 5.09. The van der Waals surface area contributed by atoms with Crippen LogP contribution in [-0.2, 0) is 6.54 Å². The summed E-state index contributed by atoms with van der Waals surface area (Å²) in [6.07, 6.45) is 3.12. The van der Waals surface area contributed by atoms with Crippen LogP contribution in [0.2, 0.25) is 0 Å². The number of hydrogen-bond acceptors (Lipinski definition) is 4. The summed E-state index contributed by atoms with van der Waals surface area (Å²) in [5, 5.41) is 20.8. The first kappa shape index (κ1) is 14.7. The molecule has 1 heterocycles. The molecule has 2 rings (SSSR count). The van der Waals surface area contributed by atoms with E-state index in [2.05, 4.69) is 10.1 Å². The zero-order valence-corrected chi connectivity index (χ0v) is 11.3. The first-order chi connectivity index (χ1) is 9.65. The van der Waals surface area contributed by atoms with Crippen LogP contribution in [0.5, 0.6) is 0 Å². The van der Waals surface area contributed by atoms with Crippen LogP contribution in [0, 0.1) is 5.82 Å². The molecule has 1 fully saturated rings. The maximum atomic E-state index is 14.1. The molecule has 0 amide bonds. The average Bonchev–Trinajstić information content (AvgIpc) is 2.49. The lowest BCUT2D eigenvalue weighted by Crippen LogP contribution is -2.41. The normalized spacial score (nSPS) is 21.1. The summed E-state index contributed by atoms with van der Waals surface area (Å²) >= 11 is 0. The van der Waals surface area contributed by atoms with Crippen molar-refractivity contribution in [1.29, 1.82) is 0 Å². The van der Waals surface area contributed by atoms with Crippen molar-refractivity contribution in [3.63, 3.8) is 0 Å². The predicted molar refractivity (Wildman–Crippen MR) is 74.0 cm³/mol. The van der Waals surface area contributed by atoms with Crippen molar-refractivity contribution < 1.29 is 14.7 Å². The summed E-state index contributed by atoms with van der Waals surface area (Å²) in [5.74, 6) is -0.488. The van der Waals surface area contributed by atoms with Crippen LogP contribution in [-0.4, -0.2) is 40.2 Å². The first-order valence-electron chi connectivity index (χ1n) is 6.77. The molecule has 1 saturated heterocycles. The van der Waals surface area contributed by atoms with Gasteiger partial charge in [0.2, 0.25) is 0 Å². The van der Waals surface area contributed by atoms with E-state index in [9.17, 15) is 9.50 Å². The minimum absolute atomic E-state index is 0.101. The number of hydrogen-bond donors (Lipinski definition) is 3. The van der Waals surface area contributed by atoms with Gasteiger partial charge in [-0.05, 0) is 25.5 Å². The highest BCUT2D eigenvalue weighted by Crippen LogP contribution is 2.21. The second-order valence-electron chi connectivity index (χ2n) is 5.09. The number of nitrogens with zero attached hydrogens (tertiary/aromatic N) is 2. The van der Waals surface area contributed by atoms with Crippen LogP contribution in [0.3, 0.4) is 0 Å². The molecule has 1 aliphatic heterocycles. The number of aliphatic hydroxyl groups is 1. The Morgan fingerprint density at radius 3 is 2.90 bits per heavy atom. The van der Waals surface area contributed by atoms with E-state index in [1.54, 1.807) is 12.1 Å². The third-order valence-corrected chi connectivity index (χ3v) is 3.79. The van der Waals surface area contributed by atoms with Crippen LogP contribution >= 0.6 is 0 Å². The van der Waals surface area contributed by atoms with E-state index in [0.717, 1.165) is 25.8 Å². The molecule has 0 radical (unpaired) electrons. The molecule has 1 unspecified atom stereocenters. The Balaban J connectivity index is 2.13.